The van der Waals surface area contributed by atoms with Crippen LogP contribution in [0.15, 0.2) is 18.3 Å². The van der Waals surface area contributed by atoms with Crippen LogP contribution in [0, 0.1) is 5.82 Å². The number of pyridine rings is 1. The summed E-state index contributed by atoms with van der Waals surface area (Å²) in [6, 6.07) is 2.98. The van der Waals surface area contributed by atoms with Crippen molar-refractivity contribution in [2.24, 2.45) is 5.73 Å². The van der Waals surface area contributed by atoms with Crippen LogP contribution in [-0.2, 0) is 0 Å². The summed E-state index contributed by atoms with van der Waals surface area (Å²) in [5.41, 5.74) is 6.84. The molecule has 0 spiro atoms. The molecule has 0 saturated carbocycles. The van der Waals surface area contributed by atoms with Gasteiger partial charge in [-0.25, -0.2) is 4.39 Å². The van der Waals surface area contributed by atoms with E-state index < -0.39 is 0 Å². The maximum absolute atomic E-state index is 12.7. The van der Waals surface area contributed by atoms with Crippen molar-refractivity contribution in [3.05, 3.63) is 29.8 Å². The Morgan fingerprint density at radius 1 is 1.33 bits per heavy atom. The predicted octanol–water partition coefficient (Wildman–Crippen LogP) is 0.858. The van der Waals surface area contributed by atoms with Crippen LogP contribution in [0.2, 0.25) is 0 Å². The van der Waals surface area contributed by atoms with E-state index in [2.05, 4.69) is 21.8 Å². The zero-order valence-electron chi connectivity index (χ0n) is 10.8. The summed E-state index contributed by atoms with van der Waals surface area (Å²) in [7, 11) is 2.14. The molecule has 100 valence electrons. The molecule has 2 N–H and O–H groups in total. The highest BCUT2D eigenvalue weighted by atomic mass is 19.1. The van der Waals surface area contributed by atoms with Crippen molar-refractivity contribution in [2.75, 3.05) is 39.8 Å². The van der Waals surface area contributed by atoms with Gasteiger partial charge in [0.15, 0.2) is 0 Å². The zero-order valence-corrected chi connectivity index (χ0v) is 10.8. The van der Waals surface area contributed by atoms with Crippen molar-refractivity contribution in [3.63, 3.8) is 0 Å². The topological polar surface area (TPSA) is 45.4 Å². The third kappa shape index (κ3) is 3.73. The van der Waals surface area contributed by atoms with Crippen LogP contribution in [0.3, 0.4) is 0 Å². The van der Waals surface area contributed by atoms with Gasteiger partial charge in [-0.1, -0.05) is 0 Å². The first kappa shape index (κ1) is 13.4. The molecular weight excluding hydrogens is 231 g/mol. The number of nitrogens with zero attached hydrogens (tertiary/aromatic N) is 3. The number of nitrogens with two attached hydrogens (primary N) is 1. The molecule has 2 rings (SSSR count). The molecule has 1 saturated heterocycles. The standard InChI is InChI=1S/C13H21FN4/c1-17-6-8-18(9-7-17)5-4-12(15)13-3-2-11(14)10-16-13/h2-3,10,12H,4-9,15H2,1H3. The lowest BCUT2D eigenvalue weighted by Crippen LogP contribution is -2.45. The number of hydrogen-bond donors (Lipinski definition) is 1. The van der Waals surface area contributed by atoms with Crippen LogP contribution in [-0.4, -0.2) is 54.6 Å². The first-order valence-corrected chi connectivity index (χ1v) is 6.43. The lowest BCUT2D eigenvalue weighted by atomic mass is 10.1. The molecule has 1 aliphatic heterocycles. The van der Waals surface area contributed by atoms with Crippen molar-refractivity contribution in [1.29, 1.82) is 0 Å². The zero-order chi connectivity index (χ0) is 13.0. The summed E-state index contributed by atoms with van der Waals surface area (Å²) < 4.78 is 12.7. The molecule has 1 aromatic heterocycles. The Kier molecular flexibility index (Phi) is 4.63. The lowest BCUT2D eigenvalue weighted by Gasteiger charge is -2.32. The van der Waals surface area contributed by atoms with E-state index in [9.17, 15) is 4.39 Å². The van der Waals surface area contributed by atoms with E-state index in [-0.39, 0.29) is 11.9 Å². The molecule has 1 fully saturated rings. The second-order valence-electron chi connectivity index (χ2n) is 4.94. The van der Waals surface area contributed by atoms with Gasteiger partial charge in [0.25, 0.3) is 0 Å². The minimum absolute atomic E-state index is 0.106. The Morgan fingerprint density at radius 2 is 2.06 bits per heavy atom. The summed E-state index contributed by atoms with van der Waals surface area (Å²) in [5.74, 6) is -0.315. The molecule has 1 atom stereocenters. The van der Waals surface area contributed by atoms with Crippen LogP contribution < -0.4 is 5.73 Å². The fourth-order valence-electron chi connectivity index (χ4n) is 2.15. The first-order valence-electron chi connectivity index (χ1n) is 6.43. The molecule has 2 heterocycles. The fraction of sp³-hybridized carbons (Fsp3) is 0.615. The summed E-state index contributed by atoms with van der Waals surface area (Å²) in [5, 5.41) is 0. The third-order valence-electron chi connectivity index (χ3n) is 3.48. The Balaban J connectivity index is 1.77. The SMILES string of the molecule is CN1CCN(CCC(N)c2ccc(F)cn2)CC1. The third-order valence-corrected chi connectivity index (χ3v) is 3.48. The molecule has 5 heteroatoms. The van der Waals surface area contributed by atoms with Gasteiger partial charge in [0, 0.05) is 38.8 Å². The largest absolute Gasteiger partial charge is 0.323 e. The minimum atomic E-state index is -0.315. The number of piperazine rings is 1. The molecule has 0 bridgehead atoms. The average Bonchev–Trinajstić information content (AvgIpc) is 2.38. The highest BCUT2D eigenvalue weighted by Gasteiger charge is 2.15. The maximum atomic E-state index is 12.7. The van der Waals surface area contributed by atoms with Gasteiger partial charge in [-0.2, -0.15) is 0 Å². The van der Waals surface area contributed by atoms with Gasteiger partial charge in [-0.05, 0) is 25.6 Å². The van der Waals surface area contributed by atoms with Crippen LogP contribution >= 0.6 is 0 Å². The van der Waals surface area contributed by atoms with Crippen LogP contribution in [0.4, 0.5) is 4.39 Å². The van der Waals surface area contributed by atoms with E-state index >= 15 is 0 Å². The Hall–Kier alpha value is -1.04. The second kappa shape index (κ2) is 6.22. The van der Waals surface area contributed by atoms with Gasteiger partial charge in [0.05, 0.1) is 11.9 Å². The second-order valence-corrected chi connectivity index (χ2v) is 4.94. The summed E-state index contributed by atoms with van der Waals surface area (Å²) in [4.78, 5) is 8.78. The van der Waals surface area contributed by atoms with E-state index in [0.29, 0.717) is 0 Å². The lowest BCUT2D eigenvalue weighted by molar-refractivity contribution is 0.150. The van der Waals surface area contributed by atoms with Gasteiger partial charge in [0.2, 0.25) is 0 Å². The highest BCUT2D eigenvalue weighted by molar-refractivity contribution is 5.09. The minimum Gasteiger partial charge on any atom is -0.323 e. The molecule has 0 aromatic carbocycles. The van der Waals surface area contributed by atoms with Crippen LogP contribution in [0.5, 0.6) is 0 Å². The predicted molar refractivity (Wildman–Crippen MR) is 69.7 cm³/mol. The van der Waals surface area contributed by atoms with Crippen molar-refractivity contribution in [2.45, 2.75) is 12.5 Å². The van der Waals surface area contributed by atoms with E-state index in [1.807, 2.05) is 0 Å². The Morgan fingerprint density at radius 3 is 2.67 bits per heavy atom. The fourth-order valence-corrected chi connectivity index (χ4v) is 2.15. The molecule has 4 nitrogen and oxygen atoms in total. The van der Waals surface area contributed by atoms with Crippen molar-refractivity contribution < 1.29 is 4.39 Å². The average molecular weight is 252 g/mol. The Labute approximate surface area is 108 Å². The van der Waals surface area contributed by atoms with E-state index in [1.165, 1.54) is 12.3 Å². The normalized spacial score (nSPS) is 19.9. The monoisotopic (exact) mass is 252 g/mol. The quantitative estimate of drug-likeness (QED) is 0.863. The molecular formula is C13H21FN4. The van der Waals surface area contributed by atoms with Crippen LogP contribution in [0.1, 0.15) is 18.2 Å². The number of hydrogen-bond acceptors (Lipinski definition) is 4. The summed E-state index contributed by atoms with van der Waals surface area (Å²) in [6.07, 6.45) is 2.09. The van der Waals surface area contributed by atoms with Gasteiger partial charge in [-0.15, -0.1) is 0 Å². The summed E-state index contributed by atoms with van der Waals surface area (Å²) >= 11 is 0. The molecule has 1 aromatic rings. The van der Waals surface area contributed by atoms with Crippen molar-refractivity contribution in [3.8, 4) is 0 Å². The van der Waals surface area contributed by atoms with E-state index in [4.69, 9.17) is 5.73 Å². The van der Waals surface area contributed by atoms with Crippen LogP contribution in [0.25, 0.3) is 0 Å². The molecule has 0 amide bonds. The van der Waals surface area contributed by atoms with Crippen molar-refractivity contribution in [1.82, 2.24) is 14.8 Å². The number of halogens is 1. The summed E-state index contributed by atoms with van der Waals surface area (Å²) in [6.45, 7) is 5.41. The smallest absolute Gasteiger partial charge is 0.141 e. The van der Waals surface area contributed by atoms with E-state index in [1.54, 1.807) is 6.07 Å². The number of aromatic nitrogens is 1. The molecule has 18 heavy (non-hydrogen) atoms. The van der Waals surface area contributed by atoms with Gasteiger partial charge >= 0.3 is 0 Å². The number of likely N-dealkylation sites (N-methyl/N-ethyl adjacent to an activating group) is 1. The van der Waals surface area contributed by atoms with Crippen molar-refractivity contribution >= 4 is 0 Å². The van der Waals surface area contributed by atoms with Gasteiger partial charge in [-0.3, -0.25) is 4.98 Å². The van der Waals surface area contributed by atoms with Gasteiger partial charge < -0.3 is 15.5 Å². The van der Waals surface area contributed by atoms with E-state index in [0.717, 1.165) is 44.8 Å². The maximum Gasteiger partial charge on any atom is 0.141 e. The first-order chi connectivity index (χ1) is 8.65. The number of rotatable bonds is 4. The van der Waals surface area contributed by atoms with Gasteiger partial charge in [0.1, 0.15) is 5.82 Å². The molecule has 1 unspecified atom stereocenters. The Bertz CT molecular complexity index is 360. The molecule has 0 radical (unpaired) electrons. The molecule has 0 aliphatic carbocycles. The molecule has 1 aliphatic rings. The highest BCUT2D eigenvalue weighted by Crippen LogP contribution is 2.12.